The number of nitrogens with two attached hydrogens (primary N) is 1. The van der Waals surface area contributed by atoms with E-state index in [1.54, 1.807) is 25.3 Å². The van der Waals surface area contributed by atoms with Gasteiger partial charge in [0, 0.05) is 31.3 Å². The van der Waals surface area contributed by atoms with Crippen molar-refractivity contribution in [3.63, 3.8) is 0 Å². The minimum absolute atomic E-state index is 0.173. The summed E-state index contributed by atoms with van der Waals surface area (Å²) in [5.74, 6) is 0.923. The summed E-state index contributed by atoms with van der Waals surface area (Å²) in [6, 6.07) is 3.32. The Morgan fingerprint density at radius 1 is 1.53 bits per heavy atom. The zero-order valence-electron chi connectivity index (χ0n) is 10.6. The van der Waals surface area contributed by atoms with Gasteiger partial charge in [0.25, 0.3) is 5.91 Å². The first-order chi connectivity index (χ1) is 9.19. The van der Waals surface area contributed by atoms with Gasteiger partial charge in [-0.15, -0.1) is 0 Å². The number of nitrogens with zero attached hydrogens (tertiary/aromatic N) is 3. The van der Waals surface area contributed by atoms with Gasteiger partial charge >= 0.3 is 0 Å². The molecular formula is C12H15N5O2. The van der Waals surface area contributed by atoms with E-state index < -0.39 is 0 Å². The second kappa shape index (κ2) is 6.05. The average Bonchev–Trinajstić information content (AvgIpc) is 2.84. The quantitative estimate of drug-likeness (QED) is 0.796. The topological polar surface area (TPSA) is 107 Å². The maximum Gasteiger partial charge on any atom is 0.251 e. The van der Waals surface area contributed by atoms with Gasteiger partial charge in [0.1, 0.15) is 0 Å². The molecule has 0 aliphatic rings. The van der Waals surface area contributed by atoms with Crippen molar-refractivity contribution in [2.45, 2.75) is 19.9 Å². The van der Waals surface area contributed by atoms with E-state index in [0.717, 1.165) is 0 Å². The minimum atomic E-state index is -0.173. The van der Waals surface area contributed by atoms with E-state index in [2.05, 4.69) is 20.4 Å². The first-order valence-corrected chi connectivity index (χ1v) is 5.91. The molecule has 3 N–H and O–H groups in total. The average molecular weight is 261 g/mol. The summed E-state index contributed by atoms with van der Waals surface area (Å²) >= 11 is 0. The van der Waals surface area contributed by atoms with Crippen LogP contribution in [0, 0.1) is 6.92 Å². The van der Waals surface area contributed by atoms with Gasteiger partial charge in [-0.2, -0.15) is 4.98 Å². The smallest absolute Gasteiger partial charge is 0.251 e. The Balaban J connectivity index is 1.87. The maximum absolute atomic E-state index is 11.9. The molecule has 2 aromatic rings. The molecule has 0 unspecified atom stereocenters. The number of amides is 1. The fourth-order valence-corrected chi connectivity index (χ4v) is 1.56. The zero-order chi connectivity index (χ0) is 13.7. The van der Waals surface area contributed by atoms with Crippen LogP contribution in [0.1, 0.15) is 27.8 Å². The SMILES string of the molecule is Cc1noc(CCNC(=O)c2ccnc(CN)c2)n1. The summed E-state index contributed by atoms with van der Waals surface area (Å²) in [5.41, 5.74) is 6.70. The Morgan fingerprint density at radius 3 is 3.05 bits per heavy atom. The molecule has 7 heteroatoms. The van der Waals surface area contributed by atoms with Gasteiger partial charge in [-0.3, -0.25) is 9.78 Å². The molecule has 0 atom stereocenters. The highest BCUT2D eigenvalue weighted by atomic mass is 16.5. The second-order valence-electron chi connectivity index (χ2n) is 3.98. The van der Waals surface area contributed by atoms with Gasteiger partial charge in [-0.05, 0) is 19.1 Å². The van der Waals surface area contributed by atoms with Gasteiger partial charge in [-0.1, -0.05) is 5.16 Å². The molecule has 0 saturated heterocycles. The highest BCUT2D eigenvalue weighted by Gasteiger charge is 2.07. The lowest BCUT2D eigenvalue weighted by molar-refractivity contribution is 0.0953. The molecule has 19 heavy (non-hydrogen) atoms. The van der Waals surface area contributed by atoms with Gasteiger partial charge in [0.2, 0.25) is 5.89 Å². The van der Waals surface area contributed by atoms with Gasteiger partial charge in [0.15, 0.2) is 5.82 Å². The number of hydrogen-bond donors (Lipinski definition) is 2. The van der Waals surface area contributed by atoms with E-state index in [1.807, 2.05) is 0 Å². The van der Waals surface area contributed by atoms with Crippen molar-refractivity contribution in [2.24, 2.45) is 5.73 Å². The molecule has 0 aliphatic heterocycles. The predicted molar refractivity (Wildman–Crippen MR) is 67.2 cm³/mol. The van der Waals surface area contributed by atoms with Crippen molar-refractivity contribution < 1.29 is 9.32 Å². The third kappa shape index (κ3) is 3.59. The van der Waals surface area contributed by atoms with E-state index in [4.69, 9.17) is 10.3 Å². The Kier molecular flexibility index (Phi) is 4.19. The number of pyridine rings is 1. The Hall–Kier alpha value is -2.28. The van der Waals surface area contributed by atoms with Crippen LogP contribution in [0.3, 0.4) is 0 Å². The molecule has 2 aromatic heterocycles. The van der Waals surface area contributed by atoms with Gasteiger partial charge in [-0.25, -0.2) is 0 Å². The van der Waals surface area contributed by atoms with E-state index >= 15 is 0 Å². The van der Waals surface area contributed by atoms with E-state index in [9.17, 15) is 4.79 Å². The summed E-state index contributed by atoms with van der Waals surface area (Å²) in [6.45, 7) is 2.49. The highest BCUT2D eigenvalue weighted by Crippen LogP contribution is 2.01. The Labute approximate surface area is 110 Å². The summed E-state index contributed by atoms with van der Waals surface area (Å²) in [6.07, 6.45) is 2.07. The van der Waals surface area contributed by atoms with Crippen LogP contribution >= 0.6 is 0 Å². The maximum atomic E-state index is 11.9. The summed E-state index contributed by atoms with van der Waals surface area (Å²) in [4.78, 5) is 19.9. The van der Waals surface area contributed by atoms with Crippen LogP contribution in [-0.4, -0.2) is 27.6 Å². The van der Waals surface area contributed by atoms with Crippen molar-refractivity contribution in [1.29, 1.82) is 0 Å². The van der Waals surface area contributed by atoms with E-state index in [-0.39, 0.29) is 5.91 Å². The molecule has 0 bridgehead atoms. The lowest BCUT2D eigenvalue weighted by Crippen LogP contribution is -2.26. The Morgan fingerprint density at radius 2 is 2.37 bits per heavy atom. The minimum Gasteiger partial charge on any atom is -0.352 e. The van der Waals surface area contributed by atoms with Crippen molar-refractivity contribution in [3.8, 4) is 0 Å². The monoisotopic (exact) mass is 261 g/mol. The highest BCUT2D eigenvalue weighted by molar-refractivity contribution is 5.94. The number of hydrogen-bond acceptors (Lipinski definition) is 6. The molecule has 0 spiro atoms. The fourth-order valence-electron chi connectivity index (χ4n) is 1.56. The fraction of sp³-hybridized carbons (Fsp3) is 0.333. The van der Waals surface area contributed by atoms with Crippen LogP contribution in [0.2, 0.25) is 0 Å². The van der Waals surface area contributed by atoms with E-state index in [1.165, 1.54) is 0 Å². The molecular weight excluding hydrogens is 246 g/mol. The van der Waals surface area contributed by atoms with Crippen molar-refractivity contribution in [1.82, 2.24) is 20.4 Å². The molecule has 0 fully saturated rings. The summed E-state index contributed by atoms with van der Waals surface area (Å²) < 4.78 is 4.95. The number of rotatable bonds is 5. The van der Waals surface area contributed by atoms with Crippen LogP contribution in [-0.2, 0) is 13.0 Å². The number of carbonyl (C=O) groups excluding carboxylic acids is 1. The second-order valence-corrected chi connectivity index (χ2v) is 3.98. The van der Waals surface area contributed by atoms with Crippen LogP contribution in [0.4, 0.5) is 0 Å². The Bertz CT molecular complexity index is 567. The largest absolute Gasteiger partial charge is 0.352 e. The number of aryl methyl sites for hydroxylation is 1. The van der Waals surface area contributed by atoms with Gasteiger partial charge in [0.05, 0.1) is 5.69 Å². The van der Waals surface area contributed by atoms with Crippen molar-refractivity contribution in [2.75, 3.05) is 6.54 Å². The van der Waals surface area contributed by atoms with E-state index in [0.29, 0.717) is 42.5 Å². The summed E-state index contributed by atoms with van der Waals surface area (Å²) in [7, 11) is 0. The first kappa shape index (κ1) is 13.2. The molecule has 7 nitrogen and oxygen atoms in total. The molecule has 2 rings (SSSR count). The summed E-state index contributed by atoms with van der Waals surface area (Å²) in [5, 5.41) is 6.45. The van der Waals surface area contributed by atoms with Crippen molar-refractivity contribution in [3.05, 3.63) is 41.3 Å². The molecule has 0 aromatic carbocycles. The van der Waals surface area contributed by atoms with Crippen LogP contribution < -0.4 is 11.1 Å². The van der Waals surface area contributed by atoms with Crippen LogP contribution in [0.15, 0.2) is 22.9 Å². The number of nitrogens with one attached hydrogen (secondary N) is 1. The van der Waals surface area contributed by atoms with Gasteiger partial charge < -0.3 is 15.6 Å². The zero-order valence-corrected chi connectivity index (χ0v) is 10.6. The van der Waals surface area contributed by atoms with Crippen LogP contribution in [0.5, 0.6) is 0 Å². The lowest BCUT2D eigenvalue weighted by Gasteiger charge is -2.04. The number of carbonyl (C=O) groups is 1. The third-order valence-electron chi connectivity index (χ3n) is 2.48. The molecule has 1 amide bonds. The third-order valence-corrected chi connectivity index (χ3v) is 2.48. The molecule has 100 valence electrons. The molecule has 2 heterocycles. The molecule has 0 saturated carbocycles. The standard InChI is InChI=1S/C12H15N5O2/c1-8-16-11(19-17-8)3-5-15-12(18)9-2-4-14-10(6-9)7-13/h2,4,6H,3,5,7,13H2,1H3,(H,15,18). The lowest BCUT2D eigenvalue weighted by atomic mass is 10.2. The molecule has 0 radical (unpaired) electrons. The van der Waals surface area contributed by atoms with Crippen LogP contribution in [0.25, 0.3) is 0 Å². The van der Waals surface area contributed by atoms with Crippen molar-refractivity contribution >= 4 is 5.91 Å². The normalized spacial score (nSPS) is 10.4. The molecule has 0 aliphatic carbocycles. The predicted octanol–water partition coefficient (Wildman–Crippen LogP) is 0.204. The number of aromatic nitrogens is 3. The first-order valence-electron chi connectivity index (χ1n) is 5.91.